The molecule has 0 aliphatic carbocycles. The number of carbonyl (C=O) groups excluding carboxylic acids is 1. The molecule has 0 bridgehead atoms. The van der Waals surface area contributed by atoms with Gasteiger partial charge in [0.15, 0.2) is 16.7 Å². The van der Waals surface area contributed by atoms with Crippen LogP contribution in [0, 0.1) is 0 Å². The van der Waals surface area contributed by atoms with Crippen LogP contribution in [0.1, 0.15) is 12.5 Å². The molecule has 7 heteroatoms. The lowest BCUT2D eigenvalue weighted by atomic mass is 10.1. The van der Waals surface area contributed by atoms with E-state index in [0.29, 0.717) is 29.6 Å². The van der Waals surface area contributed by atoms with Crippen LogP contribution in [0.5, 0.6) is 11.5 Å². The Labute approximate surface area is 210 Å². The number of H-pyrrole nitrogens is 1. The normalized spacial score (nSPS) is 11.6. The number of nitrogens with zero attached hydrogens (tertiary/aromatic N) is 1. The van der Waals surface area contributed by atoms with Gasteiger partial charge in [0, 0.05) is 17.7 Å². The number of aromatic amines is 1. The number of carbonyl (C=O) groups is 1. The zero-order valence-electron chi connectivity index (χ0n) is 20.1. The molecule has 1 atom stereocenters. The third kappa shape index (κ3) is 6.05. The van der Waals surface area contributed by atoms with Crippen molar-refractivity contribution in [2.24, 2.45) is 0 Å². The van der Waals surface area contributed by atoms with Crippen molar-refractivity contribution >= 4 is 17.7 Å². The summed E-state index contributed by atoms with van der Waals surface area (Å²) in [4.78, 5) is 21.1. The van der Waals surface area contributed by atoms with E-state index in [-0.39, 0.29) is 11.2 Å². The largest absolute Gasteiger partial charge is 0.493 e. The highest BCUT2D eigenvalue weighted by Gasteiger charge is 2.19. The molecule has 35 heavy (non-hydrogen) atoms. The molecule has 1 heterocycles. The average molecular weight is 488 g/mol. The summed E-state index contributed by atoms with van der Waals surface area (Å²) in [7, 11) is 3.23. The van der Waals surface area contributed by atoms with E-state index < -0.39 is 0 Å². The van der Waals surface area contributed by atoms with E-state index in [4.69, 9.17) is 14.5 Å². The van der Waals surface area contributed by atoms with Gasteiger partial charge in [-0.2, -0.15) is 0 Å². The van der Waals surface area contributed by atoms with E-state index in [2.05, 4.69) is 22.4 Å². The van der Waals surface area contributed by atoms with Gasteiger partial charge in [-0.05, 0) is 31.0 Å². The number of hydrogen-bond donors (Lipinski definition) is 2. The number of imidazole rings is 1. The number of thioether (sulfide) groups is 1. The summed E-state index contributed by atoms with van der Waals surface area (Å²) in [5.74, 6) is 1.34. The van der Waals surface area contributed by atoms with Crippen LogP contribution in [-0.4, -0.2) is 41.9 Å². The molecule has 4 aromatic rings. The van der Waals surface area contributed by atoms with Crippen molar-refractivity contribution in [3.63, 3.8) is 0 Å². The zero-order valence-corrected chi connectivity index (χ0v) is 20.9. The molecule has 180 valence electrons. The van der Waals surface area contributed by atoms with Gasteiger partial charge in [0.05, 0.1) is 30.9 Å². The second-order valence-electron chi connectivity index (χ2n) is 7.99. The summed E-state index contributed by atoms with van der Waals surface area (Å²) in [6.07, 6.45) is 0.695. The first-order chi connectivity index (χ1) is 17.1. The highest BCUT2D eigenvalue weighted by atomic mass is 32.2. The van der Waals surface area contributed by atoms with Crippen LogP contribution in [0.3, 0.4) is 0 Å². The Bertz CT molecular complexity index is 1200. The maximum absolute atomic E-state index is 12.8. The second kappa shape index (κ2) is 11.6. The molecule has 0 fully saturated rings. The minimum absolute atomic E-state index is 0.0330. The number of methoxy groups -OCH3 is 2. The summed E-state index contributed by atoms with van der Waals surface area (Å²) in [5.41, 5.74) is 4.97. The molecule has 3 aromatic carbocycles. The Kier molecular flexibility index (Phi) is 8.11. The van der Waals surface area contributed by atoms with Crippen LogP contribution in [0.4, 0.5) is 0 Å². The molecule has 2 N–H and O–H groups in total. The van der Waals surface area contributed by atoms with Crippen molar-refractivity contribution in [1.82, 2.24) is 15.3 Å². The first-order valence-electron chi connectivity index (χ1n) is 11.4. The van der Waals surface area contributed by atoms with Crippen molar-refractivity contribution in [3.05, 3.63) is 84.4 Å². The lowest BCUT2D eigenvalue weighted by Crippen LogP contribution is -2.32. The Balaban J connectivity index is 1.41. The molecular weight excluding hydrogens is 458 g/mol. The van der Waals surface area contributed by atoms with Gasteiger partial charge in [0.2, 0.25) is 5.91 Å². The standard InChI is InChI=1S/C28H29N3O3S/c1-19(27(32)29-17-16-20-14-15-23(33-2)24(18-20)34-3)35-28-30-25(21-10-6-4-7-11-21)26(31-28)22-12-8-5-9-13-22/h4-15,18-19H,16-17H2,1-3H3,(H,29,32)(H,30,31)/t19-/m0/s1. The molecule has 0 unspecified atom stereocenters. The van der Waals surface area contributed by atoms with Gasteiger partial charge in [-0.25, -0.2) is 4.98 Å². The van der Waals surface area contributed by atoms with Crippen LogP contribution in [-0.2, 0) is 11.2 Å². The van der Waals surface area contributed by atoms with E-state index in [0.717, 1.165) is 28.1 Å². The Morgan fingerprint density at radius 2 is 1.60 bits per heavy atom. The van der Waals surface area contributed by atoms with E-state index in [1.165, 1.54) is 11.8 Å². The minimum Gasteiger partial charge on any atom is -0.493 e. The fourth-order valence-electron chi connectivity index (χ4n) is 3.76. The van der Waals surface area contributed by atoms with E-state index in [1.807, 2.05) is 73.7 Å². The van der Waals surface area contributed by atoms with Gasteiger partial charge in [-0.3, -0.25) is 4.79 Å². The molecule has 0 saturated heterocycles. The highest BCUT2D eigenvalue weighted by molar-refractivity contribution is 8.00. The lowest BCUT2D eigenvalue weighted by Gasteiger charge is -2.12. The molecule has 1 aromatic heterocycles. The quantitative estimate of drug-likeness (QED) is 0.285. The maximum atomic E-state index is 12.8. The summed E-state index contributed by atoms with van der Waals surface area (Å²) in [6, 6.07) is 26.0. The molecule has 0 saturated carbocycles. The van der Waals surface area contributed by atoms with E-state index in [1.54, 1.807) is 14.2 Å². The van der Waals surface area contributed by atoms with Crippen LogP contribution in [0.2, 0.25) is 0 Å². The minimum atomic E-state index is -0.307. The molecule has 0 spiro atoms. The topological polar surface area (TPSA) is 76.2 Å². The maximum Gasteiger partial charge on any atom is 0.233 e. The predicted octanol–water partition coefficient (Wildman–Crippen LogP) is 5.60. The first-order valence-corrected chi connectivity index (χ1v) is 12.3. The molecule has 0 radical (unpaired) electrons. The van der Waals surface area contributed by atoms with Crippen LogP contribution in [0.15, 0.2) is 84.0 Å². The molecule has 0 aliphatic heterocycles. The zero-order chi connectivity index (χ0) is 24.6. The van der Waals surface area contributed by atoms with Crippen LogP contribution >= 0.6 is 11.8 Å². The number of rotatable bonds is 10. The SMILES string of the molecule is COc1ccc(CCNC(=O)[C@H](C)Sc2nc(-c3ccccc3)c(-c3ccccc3)[nH]2)cc1OC. The Morgan fingerprint density at radius 1 is 0.943 bits per heavy atom. The number of hydrogen-bond acceptors (Lipinski definition) is 5. The van der Waals surface area contributed by atoms with Crippen molar-refractivity contribution in [2.45, 2.75) is 23.8 Å². The third-order valence-electron chi connectivity index (χ3n) is 5.61. The number of amides is 1. The fraction of sp³-hybridized carbons (Fsp3) is 0.214. The monoisotopic (exact) mass is 487 g/mol. The summed E-state index contributed by atoms with van der Waals surface area (Å²) in [5, 5.41) is 3.44. The van der Waals surface area contributed by atoms with Gasteiger partial charge in [-0.1, -0.05) is 78.5 Å². The smallest absolute Gasteiger partial charge is 0.233 e. The van der Waals surface area contributed by atoms with Gasteiger partial charge >= 0.3 is 0 Å². The lowest BCUT2D eigenvalue weighted by molar-refractivity contribution is -0.120. The van der Waals surface area contributed by atoms with Gasteiger partial charge in [-0.15, -0.1) is 0 Å². The molecular formula is C28H29N3O3S. The molecule has 1 amide bonds. The fourth-order valence-corrected chi connectivity index (χ4v) is 4.59. The number of ether oxygens (including phenoxy) is 2. The van der Waals surface area contributed by atoms with Gasteiger partial charge < -0.3 is 19.8 Å². The Morgan fingerprint density at radius 3 is 2.26 bits per heavy atom. The van der Waals surface area contributed by atoms with Crippen LogP contribution < -0.4 is 14.8 Å². The van der Waals surface area contributed by atoms with Crippen molar-refractivity contribution in [3.8, 4) is 34.0 Å². The van der Waals surface area contributed by atoms with E-state index in [9.17, 15) is 4.79 Å². The Hall–Kier alpha value is -3.71. The number of nitrogens with one attached hydrogen (secondary N) is 2. The van der Waals surface area contributed by atoms with Crippen molar-refractivity contribution in [1.29, 1.82) is 0 Å². The summed E-state index contributed by atoms with van der Waals surface area (Å²) in [6.45, 7) is 2.42. The number of aromatic nitrogens is 2. The molecule has 6 nitrogen and oxygen atoms in total. The van der Waals surface area contributed by atoms with Crippen molar-refractivity contribution in [2.75, 3.05) is 20.8 Å². The summed E-state index contributed by atoms with van der Waals surface area (Å²) < 4.78 is 10.6. The van der Waals surface area contributed by atoms with Crippen LogP contribution in [0.25, 0.3) is 22.5 Å². The first kappa shape index (κ1) is 24.4. The number of benzene rings is 3. The van der Waals surface area contributed by atoms with E-state index >= 15 is 0 Å². The third-order valence-corrected chi connectivity index (χ3v) is 6.59. The molecule has 4 rings (SSSR count). The van der Waals surface area contributed by atoms with Crippen molar-refractivity contribution < 1.29 is 14.3 Å². The predicted molar refractivity (Wildman–Crippen MR) is 141 cm³/mol. The highest BCUT2D eigenvalue weighted by Crippen LogP contribution is 2.33. The summed E-state index contributed by atoms with van der Waals surface area (Å²) >= 11 is 1.42. The average Bonchev–Trinajstić information content (AvgIpc) is 3.33. The van der Waals surface area contributed by atoms with Gasteiger partial charge in [0.25, 0.3) is 0 Å². The van der Waals surface area contributed by atoms with Gasteiger partial charge in [0.1, 0.15) is 0 Å². The second-order valence-corrected chi connectivity index (χ2v) is 9.32. The molecule has 0 aliphatic rings.